The zero-order valence-electron chi connectivity index (χ0n) is 21.0. The Morgan fingerprint density at radius 1 is 0.939 bits per heavy atom. The Hall–Kier alpha value is -2.30. The van der Waals surface area contributed by atoms with E-state index in [-0.39, 0.29) is 12.1 Å². The number of esters is 1. The van der Waals surface area contributed by atoms with Gasteiger partial charge in [0.05, 0.1) is 13.7 Å². The summed E-state index contributed by atoms with van der Waals surface area (Å²) in [6.07, 6.45) is 19.2. The molecule has 0 bridgehead atoms. The summed E-state index contributed by atoms with van der Waals surface area (Å²) in [6.45, 7) is 4.68. The standard InChI is InChI=1S/C28H44O5/c1-4-6-7-14-17-25(33-26-21-20-24(23-29)22-27(26)32-5-2)18-15-12-10-8-9-11-13-16-19-28(30)31-3/h12,15,20-23,25H,4-11,13-14,16-19H2,1-3H3/b15-12-. The fourth-order valence-corrected chi connectivity index (χ4v) is 3.70. The molecule has 5 nitrogen and oxygen atoms in total. The maximum Gasteiger partial charge on any atom is 0.305 e. The Bertz CT molecular complexity index is 683. The van der Waals surface area contributed by atoms with E-state index in [0.29, 0.717) is 30.1 Å². The minimum Gasteiger partial charge on any atom is -0.490 e. The van der Waals surface area contributed by atoms with Gasteiger partial charge in [0.25, 0.3) is 0 Å². The van der Waals surface area contributed by atoms with E-state index in [2.05, 4.69) is 23.8 Å². The molecule has 0 aromatic heterocycles. The summed E-state index contributed by atoms with van der Waals surface area (Å²) in [5.41, 5.74) is 0.593. The quantitative estimate of drug-likeness (QED) is 0.0874. The Morgan fingerprint density at radius 3 is 2.42 bits per heavy atom. The zero-order chi connectivity index (χ0) is 24.2. The predicted octanol–water partition coefficient (Wildman–Crippen LogP) is 7.47. The zero-order valence-corrected chi connectivity index (χ0v) is 21.0. The fourth-order valence-electron chi connectivity index (χ4n) is 3.70. The molecule has 1 aromatic carbocycles. The first-order valence-corrected chi connectivity index (χ1v) is 12.7. The number of allylic oxidation sites excluding steroid dienone is 1. The van der Waals surface area contributed by atoms with Gasteiger partial charge in [0.15, 0.2) is 11.5 Å². The highest BCUT2D eigenvalue weighted by atomic mass is 16.5. The van der Waals surface area contributed by atoms with Gasteiger partial charge in [-0.1, -0.05) is 57.6 Å². The van der Waals surface area contributed by atoms with Gasteiger partial charge in [-0.15, -0.1) is 0 Å². The average molecular weight is 461 g/mol. The maximum absolute atomic E-state index is 11.1. The number of ether oxygens (including phenoxy) is 3. The number of hydrogen-bond acceptors (Lipinski definition) is 5. The van der Waals surface area contributed by atoms with Crippen molar-refractivity contribution in [2.45, 2.75) is 103 Å². The number of aldehydes is 1. The lowest BCUT2D eigenvalue weighted by Gasteiger charge is -2.20. The maximum atomic E-state index is 11.1. The molecule has 0 radical (unpaired) electrons. The van der Waals surface area contributed by atoms with Crippen molar-refractivity contribution >= 4 is 12.3 Å². The van der Waals surface area contributed by atoms with Gasteiger partial charge < -0.3 is 14.2 Å². The summed E-state index contributed by atoms with van der Waals surface area (Å²) in [4.78, 5) is 22.2. The van der Waals surface area contributed by atoms with Gasteiger partial charge in [-0.3, -0.25) is 9.59 Å². The molecule has 0 heterocycles. The van der Waals surface area contributed by atoms with Crippen LogP contribution < -0.4 is 9.47 Å². The highest BCUT2D eigenvalue weighted by Gasteiger charge is 2.13. The molecule has 1 atom stereocenters. The van der Waals surface area contributed by atoms with Crippen LogP contribution in [0.4, 0.5) is 0 Å². The lowest BCUT2D eigenvalue weighted by Crippen LogP contribution is -2.16. The van der Waals surface area contributed by atoms with Crippen molar-refractivity contribution in [3.8, 4) is 11.5 Å². The van der Waals surface area contributed by atoms with E-state index in [9.17, 15) is 9.59 Å². The first kappa shape index (κ1) is 28.7. The van der Waals surface area contributed by atoms with Gasteiger partial charge in [0, 0.05) is 18.4 Å². The molecule has 0 saturated carbocycles. The molecule has 33 heavy (non-hydrogen) atoms. The van der Waals surface area contributed by atoms with Crippen LogP contribution >= 0.6 is 0 Å². The molecular formula is C28H44O5. The Balaban J connectivity index is 2.48. The van der Waals surface area contributed by atoms with Gasteiger partial charge in [0.2, 0.25) is 0 Å². The number of unbranched alkanes of at least 4 members (excludes halogenated alkanes) is 8. The Labute approximate surface area is 200 Å². The highest BCUT2D eigenvalue weighted by Crippen LogP contribution is 2.30. The van der Waals surface area contributed by atoms with Crippen LogP contribution in [0, 0.1) is 0 Å². The number of carbonyl (C=O) groups is 2. The van der Waals surface area contributed by atoms with Crippen LogP contribution in [-0.4, -0.2) is 32.1 Å². The second-order valence-corrected chi connectivity index (χ2v) is 8.44. The molecule has 0 amide bonds. The van der Waals surface area contributed by atoms with Crippen LogP contribution in [0.25, 0.3) is 0 Å². The second-order valence-electron chi connectivity index (χ2n) is 8.44. The number of carbonyl (C=O) groups excluding carboxylic acids is 2. The third-order valence-electron chi connectivity index (χ3n) is 5.62. The van der Waals surface area contributed by atoms with Crippen molar-refractivity contribution in [3.63, 3.8) is 0 Å². The van der Waals surface area contributed by atoms with E-state index >= 15 is 0 Å². The lowest BCUT2D eigenvalue weighted by molar-refractivity contribution is -0.140. The average Bonchev–Trinajstić information content (AvgIpc) is 2.83. The fraction of sp³-hybridized carbons (Fsp3) is 0.643. The molecular weight excluding hydrogens is 416 g/mol. The molecule has 0 N–H and O–H groups in total. The minimum atomic E-state index is -0.113. The van der Waals surface area contributed by atoms with Crippen LogP contribution in [0.2, 0.25) is 0 Å². The van der Waals surface area contributed by atoms with Crippen LogP contribution in [0.5, 0.6) is 11.5 Å². The summed E-state index contributed by atoms with van der Waals surface area (Å²) in [6, 6.07) is 5.37. The molecule has 1 unspecified atom stereocenters. The molecule has 0 fully saturated rings. The minimum absolute atomic E-state index is 0.0951. The normalized spacial score (nSPS) is 12.0. The van der Waals surface area contributed by atoms with Crippen LogP contribution in [0.1, 0.15) is 108 Å². The highest BCUT2D eigenvalue weighted by molar-refractivity contribution is 5.76. The molecule has 0 aliphatic heterocycles. The largest absolute Gasteiger partial charge is 0.490 e. The van der Waals surface area contributed by atoms with Crippen molar-refractivity contribution in [2.75, 3.05) is 13.7 Å². The summed E-state index contributed by atoms with van der Waals surface area (Å²) < 4.78 is 16.7. The number of methoxy groups -OCH3 is 1. The number of rotatable bonds is 20. The van der Waals surface area contributed by atoms with Crippen molar-refractivity contribution in [1.29, 1.82) is 0 Å². The van der Waals surface area contributed by atoms with Crippen molar-refractivity contribution in [3.05, 3.63) is 35.9 Å². The molecule has 0 spiro atoms. The van der Waals surface area contributed by atoms with Crippen molar-refractivity contribution in [1.82, 2.24) is 0 Å². The molecule has 0 aliphatic rings. The monoisotopic (exact) mass is 460 g/mol. The van der Waals surface area contributed by atoms with Gasteiger partial charge in [0.1, 0.15) is 12.4 Å². The van der Waals surface area contributed by atoms with Crippen molar-refractivity contribution < 1.29 is 23.8 Å². The molecule has 0 saturated heterocycles. The topological polar surface area (TPSA) is 61.8 Å². The van der Waals surface area contributed by atoms with Gasteiger partial charge >= 0.3 is 5.97 Å². The molecule has 186 valence electrons. The van der Waals surface area contributed by atoms with E-state index in [1.807, 2.05) is 13.0 Å². The summed E-state index contributed by atoms with van der Waals surface area (Å²) in [5, 5.41) is 0. The van der Waals surface area contributed by atoms with Crippen LogP contribution in [0.15, 0.2) is 30.4 Å². The SMILES string of the molecule is CCCCCCC(C/C=C\CCCCCCCC(=O)OC)Oc1ccc(C=O)cc1OCC. The summed E-state index contributed by atoms with van der Waals surface area (Å²) in [5.74, 6) is 1.23. The summed E-state index contributed by atoms with van der Waals surface area (Å²) >= 11 is 0. The number of benzene rings is 1. The first-order chi connectivity index (χ1) is 16.1. The lowest BCUT2D eigenvalue weighted by atomic mass is 10.1. The third-order valence-corrected chi connectivity index (χ3v) is 5.62. The van der Waals surface area contributed by atoms with E-state index in [4.69, 9.17) is 9.47 Å². The van der Waals surface area contributed by atoms with Gasteiger partial charge in [-0.25, -0.2) is 0 Å². The van der Waals surface area contributed by atoms with E-state index in [1.54, 1.807) is 12.1 Å². The molecule has 1 aromatic rings. The number of hydrogen-bond donors (Lipinski definition) is 0. The molecule has 5 heteroatoms. The van der Waals surface area contributed by atoms with E-state index in [0.717, 1.165) is 51.2 Å². The Kier molecular flexibility index (Phi) is 16.7. The smallest absolute Gasteiger partial charge is 0.305 e. The van der Waals surface area contributed by atoms with E-state index in [1.165, 1.54) is 39.2 Å². The van der Waals surface area contributed by atoms with Gasteiger partial charge in [-0.2, -0.15) is 0 Å². The van der Waals surface area contributed by atoms with E-state index < -0.39 is 0 Å². The van der Waals surface area contributed by atoms with Crippen LogP contribution in [-0.2, 0) is 9.53 Å². The first-order valence-electron chi connectivity index (χ1n) is 12.7. The van der Waals surface area contributed by atoms with Crippen molar-refractivity contribution in [2.24, 2.45) is 0 Å². The molecule has 0 aliphatic carbocycles. The summed E-state index contributed by atoms with van der Waals surface area (Å²) in [7, 11) is 1.44. The second kappa shape index (κ2) is 19.2. The third kappa shape index (κ3) is 13.8. The van der Waals surface area contributed by atoms with Gasteiger partial charge in [-0.05, 0) is 57.2 Å². The Morgan fingerprint density at radius 2 is 1.70 bits per heavy atom. The van der Waals surface area contributed by atoms with Crippen LogP contribution in [0.3, 0.4) is 0 Å². The predicted molar refractivity (Wildman–Crippen MR) is 134 cm³/mol. The molecule has 1 rings (SSSR count).